The molecule has 2 aromatic rings. The minimum Gasteiger partial charge on any atom is -0.324 e. The molecule has 0 spiro atoms. The van der Waals surface area contributed by atoms with Crippen LogP contribution in [-0.2, 0) is 13.5 Å². The highest BCUT2D eigenvalue weighted by molar-refractivity contribution is 7.16. The first-order chi connectivity index (χ1) is 7.58. The Balaban J connectivity index is 2.14. The van der Waals surface area contributed by atoms with E-state index in [-0.39, 0.29) is 6.04 Å². The Labute approximate surface area is 104 Å². The summed E-state index contributed by atoms with van der Waals surface area (Å²) in [6.07, 6.45) is 2.65. The topological polar surface area (TPSA) is 43.8 Å². The van der Waals surface area contributed by atoms with Gasteiger partial charge in [0, 0.05) is 35.6 Å². The maximum atomic E-state index is 6.16. The van der Waals surface area contributed by atoms with Gasteiger partial charge in [0.25, 0.3) is 0 Å². The molecule has 0 fully saturated rings. The number of rotatable bonds is 3. The zero-order valence-corrected chi connectivity index (χ0v) is 10.8. The number of aryl methyl sites for hydroxylation is 1. The largest absolute Gasteiger partial charge is 0.324 e. The van der Waals surface area contributed by atoms with Gasteiger partial charge in [-0.1, -0.05) is 11.6 Å². The number of aromatic nitrogens is 2. The number of thiophene rings is 1. The quantitative estimate of drug-likeness (QED) is 0.917. The first-order valence-electron chi connectivity index (χ1n) is 5.06. The Morgan fingerprint density at radius 1 is 1.56 bits per heavy atom. The monoisotopic (exact) mass is 255 g/mol. The van der Waals surface area contributed by atoms with Gasteiger partial charge in [0.1, 0.15) is 0 Å². The van der Waals surface area contributed by atoms with E-state index in [2.05, 4.69) is 5.10 Å². The van der Waals surface area contributed by atoms with E-state index < -0.39 is 0 Å². The first-order valence-corrected chi connectivity index (χ1v) is 6.25. The highest BCUT2D eigenvalue weighted by Crippen LogP contribution is 2.26. The van der Waals surface area contributed by atoms with Crippen LogP contribution in [0.2, 0.25) is 4.34 Å². The second-order valence-electron chi connectivity index (χ2n) is 3.83. The van der Waals surface area contributed by atoms with Crippen molar-refractivity contribution < 1.29 is 0 Å². The van der Waals surface area contributed by atoms with Gasteiger partial charge in [-0.05, 0) is 19.1 Å². The molecule has 5 heteroatoms. The van der Waals surface area contributed by atoms with Gasteiger partial charge < -0.3 is 5.73 Å². The summed E-state index contributed by atoms with van der Waals surface area (Å²) in [5.41, 5.74) is 8.38. The molecule has 0 saturated carbocycles. The minimum absolute atomic E-state index is 0.0107. The van der Waals surface area contributed by atoms with E-state index in [0.717, 1.165) is 22.0 Å². The molecule has 0 bridgehead atoms. The van der Waals surface area contributed by atoms with Gasteiger partial charge in [-0.25, -0.2) is 0 Å². The summed E-state index contributed by atoms with van der Waals surface area (Å²) < 4.78 is 2.65. The van der Waals surface area contributed by atoms with E-state index in [1.54, 1.807) is 11.3 Å². The Bertz CT molecular complexity index is 489. The molecule has 2 heterocycles. The van der Waals surface area contributed by atoms with Gasteiger partial charge >= 0.3 is 0 Å². The molecule has 86 valence electrons. The molecule has 3 nitrogen and oxygen atoms in total. The Morgan fingerprint density at radius 2 is 2.31 bits per heavy atom. The smallest absolute Gasteiger partial charge is 0.0931 e. The number of nitrogens with two attached hydrogens (primary N) is 1. The van der Waals surface area contributed by atoms with Gasteiger partial charge in [0.15, 0.2) is 0 Å². The summed E-state index contributed by atoms with van der Waals surface area (Å²) in [4.78, 5) is 1.21. The summed E-state index contributed by atoms with van der Waals surface area (Å²) >= 11 is 7.47. The molecule has 0 aliphatic rings. The standard InChI is InChI=1S/C11H14ClN3S/c1-7-9(6-14-15(7)2)10(13)5-8-3-4-11(12)16-8/h3-4,6,10H,5,13H2,1-2H3. The average molecular weight is 256 g/mol. The van der Waals surface area contributed by atoms with Crippen molar-refractivity contribution in [3.63, 3.8) is 0 Å². The molecule has 0 aromatic carbocycles. The highest BCUT2D eigenvalue weighted by Gasteiger charge is 2.13. The van der Waals surface area contributed by atoms with Gasteiger partial charge in [0.2, 0.25) is 0 Å². The lowest BCUT2D eigenvalue weighted by Crippen LogP contribution is -2.13. The van der Waals surface area contributed by atoms with E-state index in [9.17, 15) is 0 Å². The molecule has 0 radical (unpaired) electrons. The SMILES string of the molecule is Cc1c(C(N)Cc2ccc(Cl)s2)cnn1C. The normalized spacial score (nSPS) is 13.0. The third kappa shape index (κ3) is 2.29. The maximum absolute atomic E-state index is 6.16. The van der Waals surface area contributed by atoms with E-state index in [1.165, 1.54) is 4.88 Å². The van der Waals surface area contributed by atoms with Crippen LogP contribution in [-0.4, -0.2) is 9.78 Å². The molecule has 1 atom stereocenters. The van der Waals surface area contributed by atoms with E-state index in [0.29, 0.717) is 0 Å². The lowest BCUT2D eigenvalue weighted by atomic mass is 10.1. The fourth-order valence-electron chi connectivity index (χ4n) is 1.67. The van der Waals surface area contributed by atoms with Gasteiger partial charge in [-0.15, -0.1) is 11.3 Å². The first kappa shape index (κ1) is 11.6. The highest BCUT2D eigenvalue weighted by atomic mass is 35.5. The van der Waals surface area contributed by atoms with Crippen molar-refractivity contribution >= 4 is 22.9 Å². The Hall–Kier alpha value is -0.840. The van der Waals surface area contributed by atoms with Crippen LogP contribution in [0.25, 0.3) is 0 Å². The van der Waals surface area contributed by atoms with Crippen molar-refractivity contribution in [2.75, 3.05) is 0 Å². The molecular weight excluding hydrogens is 242 g/mol. The fraction of sp³-hybridized carbons (Fsp3) is 0.364. The molecule has 2 N–H and O–H groups in total. The molecule has 0 saturated heterocycles. The summed E-state index contributed by atoms with van der Waals surface area (Å²) in [5, 5.41) is 4.20. The molecule has 2 aromatic heterocycles. The van der Waals surface area contributed by atoms with E-state index in [1.807, 2.05) is 37.0 Å². The van der Waals surface area contributed by atoms with Crippen molar-refractivity contribution in [3.05, 3.63) is 38.8 Å². The Morgan fingerprint density at radius 3 is 2.81 bits per heavy atom. The second kappa shape index (κ2) is 4.57. The fourth-order valence-corrected chi connectivity index (χ4v) is 2.81. The molecule has 1 unspecified atom stereocenters. The number of hydrogen-bond acceptors (Lipinski definition) is 3. The van der Waals surface area contributed by atoms with Gasteiger partial charge in [-0.2, -0.15) is 5.10 Å². The van der Waals surface area contributed by atoms with Crippen LogP contribution in [0.4, 0.5) is 0 Å². The predicted octanol–water partition coefficient (Wildman–Crippen LogP) is 2.69. The van der Waals surface area contributed by atoms with Gasteiger partial charge in [-0.3, -0.25) is 4.68 Å². The summed E-state index contributed by atoms with van der Waals surface area (Å²) in [7, 11) is 1.92. The van der Waals surface area contributed by atoms with Crippen LogP contribution in [0.5, 0.6) is 0 Å². The van der Waals surface area contributed by atoms with Crippen LogP contribution in [0.1, 0.15) is 22.2 Å². The van der Waals surface area contributed by atoms with E-state index in [4.69, 9.17) is 17.3 Å². The zero-order valence-electron chi connectivity index (χ0n) is 9.27. The molecular formula is C11H14ClN3S. The van der Waals surface area contributed by atoms with Crippen LogP contribution in [0.15, 0.2) is 18.3 Å². The number of halogens is 1. The van der Waals surface area contributed by atoms with Crippen molar-refractivity contribution in [3.8, 4) is 0 Å². The number of hydrogen-bond donors (Lipinski definition) is 1. The summed E-state index contributed by atoms with van der Waals surface area (Å²) in [5.74, 6) is 0. The van der Waals surface area contributed by atoms with Crippen LogP contribution < -0.4 is 5.73 Å². The Kier molecular flexibility index (Phi) is 3.33. The van der Waals surface area contributed by atoms with Crippen LogP contribution in [0.3, 0.4) is 0 Å². The zero-order chi connectivity index (χ0) is 11.7. The summed E-state index contributed by atoms with van der Waals surface area (Å²) in [6, 6.07) is 3.92. The lowest BCUT2D eigenvalue weighted by Gasteiger charge is -2.09. The van der Waals surface area contributed by atoms with Crippen molar-refractivity contribution in [2.24, 2.45) is 12.8 Å². The van der Waals surface area contributed by atoms with Crippen LogP contribution in [0, 0.1) is 6.92 Å². The molecule has 2 rings (SSSR count). The molecule has 16 heavy (non-hydrogen) atoms. The predicted molar refractivity (Wildman–Crippen MR) is 67.9 cm³/mol. The molecule has 0 aliphatic heterocycles. The van der Waals surface area contributed by atoms with E-state index >= 15 is 0 Å². The van der Waals surface area contributed by atoms with Crippen molar-refractivity contribution in [1.29, 1.82) is 0 Å². The summed E-state index contributed by atoms with van der Waals surface area (Å²) in [6.45, 7) is 2.03. The third-order valence-electron chi connectivity index (χ3n) is 2.72. The number of nitrogens with zero attached hydrogens (tertiary/aromatic N) is 2. The maximum Gasteiger partial charge on any atom is 0.0931 e. The second-order valence-corrected chi connectivity index (χ2v) is 5.63. The van der Waals surface area contributed by atoms with Crippen molar-refractivity contribution in [1.82, 2.24) is 9.78 Å². The third-order valence-corrected chi connectivity index (χ3v) is 3.98. The average Bonchev–Trinajstić information content (AvgIpc) is 2.76. The molecule has 0 aliphatic carbocycles. The van der Waals surface area contributed by atoms with Gasteiger partial charge in [0.05, 0.1) is 10.5 Å². The molecule has 0 amide bonds. The van der Waals surface area contributed by atoms with Crippen molar-refractivity contribution in [2.45, 2.75) is 19.4 Å². The minimum atomic E-state index is -0.0107. The van der Waals surface area contributed by atoms with Crippen LogP contribution >= 0.6 is 22.9 Å². The lowest BCUT2D eigenvalue weighted by molar-refractivity contribution is 0.705.